The molecule has 0 radical (unpaired) electrons. The van der Waals surface area contributed by atoms with Crippen molar-refractivity contribution in [2.75, 3.05) is 0 Å². The lowest BCUT2D eigenvalue weighted by Crippen LogP contribution is -2.24. The number of nitrogens with zero attached hydrogens (tertiary/aromatic N) is 2. The maximum absolute atomic E-state index is 12.0. The zero-order chi connectivity index (χ0) is 16.5. The molecule has 0 aromatic heterocycles. The third-order valence-electron chi connectivity index (χ3n) is 4.50. The van der Waals surface area contributed by atoms with Crippen molar-refractivity contribution < 1.29 is 4.79 Å². The van der Waals surface area contributed by atoms with Crippen LogP contribution in [0.4, 0.5) is 0 Å². The van der Waals surface area contributed by atoms with Gasteiger partial charge >= 0.3 is 0 Å². The Morgan fingerprint density at radius 2 is 1.67 bits per heavy atom. The normalized spacial score (nSPS) is 17.1. The maximum Gasteiger partial charge on any atom is 0.240 e. The fourth-order valence-corrected chi connectivity index (χ4v) is 3.28. The maximum atomic E-state index is 12.0. The number of amides is 1. The van der Waals surface area contributed by atoms with Crippen molar-refractivity contribution in [1.82, 2.24) is 5.01 Å². The molecule has 0 unspecified atom stereocenters. The number of carbonyl (C=O) groups is 1. The van der Waals surface area contributed by atoms with Gasteiger partial charge in [0.05, 0.1) is 11.8 Å². The van der Waals surface area contributed by atoms with Gasteiger partial charge in [-0.3, -0.25) is 4.79 Å². The van der Waals surface area contributed by atoms with Gasteiger partial charge < -0.3 is 0 Å². The number of hydrogen-bond donors (Lipinski definition) is 0. The van der Waals surface area contributed by atoms with Gasteiger partial charge in [0, 0.05) is 13.3 Å². The topological polar surface area (TPSA) is 32.7 Å². The summed E-state index contributed by atoms with van der Waals surface area (Å²) < 4.78 is 0. The van der Waals surface area contributed by atoms with E-state index in [4.69, 9.17) is 0 Å². The first-order valence-corrected chi connectivity index (χ1v) is 8.14. The van der Waals surface area contributed by atoms with Crippen LogP contribution in [0.3, 0.4) is 0 Å². The number of benzene rings is 3. The van der Waals surface area contributed by atoms with Gasteiger partial charge in [-0.15, -0.1) is 0 Å². The molecule has 0 saturated carbocycles. The lowest BCUT2D eigenvalue weighted by atomic mass is 9.97. The van der Waals surface area contributed by atoms with Crippen LogP contribution in [0.25, 0.3) is 10.8 Å². The molecule has 118 valence electrons. The van der Waals surface area contributed by atoms with Crippen LogP contribution in [0.15, 0.2) is 77.9 Å². The Labute approximate surface area is 141 Å². The average Bonchev–Trinajstić information content (AvgIpc) is 3.08. The molecule has 4 rings (SSSR count). The van der Waals surface area contributed by atoms with E-state index in [0.717, 1.165) is 23.3 Å². The second kappa shape index (κ2) is 5.93. The molecule has 0 spiro atoms. The molecule has 1 heterocycles. The van der Waals surface area contributed by atoms with E-state index in [1.807, 2.05) is 30.3 Å². The Kier molecular flexibility index (Phi) is 3.62. The Morgan fingerprint density at radius 3 is 2.42 bits per heavy atom. The third kappa shape index (κ3) is 2.58. The summed E-state index contributed by atoms with van der Waals surface area (Å²) in [6.45, 7) is 1.57. The minimum Gasteiger partial charge on any atom is -0.273 e. The van der Waals surface area contributed by atoms with Crippen LogP contribution >= 0.6 is 0 Å². The lowest BCUT2D eigenvalue weighted by Gasteiger charge is -2.20. The summed E-state index contributed by atoms with van der Waals surface area (Å²) in [4.78, 5) is 12.0. The van der Waals surface area contributed by atoms with Crippen LogP contribution in [-0.4, -0.2) is 16.6 Å². The van der Waals surface area contributed by atoms with Crippen LogP contribution in [0.5, 0.6) is 0 Å². The highest BCUT2D eigenvalue weighted by Crippen LogP contribution is 2.33. The zero-order valence-corrected chi connectivity index (χ0v) is 13.5. The van der Waals surface area contributed by atoms with E-state index in [1.165, 1.54) is 10.8 Å². The average molecular weight is 314 g/mol. The monoisotopic (exact) mass is 314 g/mol. The first-order valence-electron chi connectivity index (χ1n) is 8.14. The predicted octanol–water partition coefficient (Wildman–Crippen LogP) is 4.54. The molecule has 1 atom stereocenters. The second-order valence-corrected chi connectivity index (χ2v) is 6.10. The zero-order valence-electron chi connectivity index (χ0n) is 13.5. The largest absolute Gasteiger partial charge is 0.273 e. The molecule has 0 N–H and O–H groups in total. The fourth-order valence-electron chi connectivity index (χ4n) is 3.28. The SMILES string of the molecule is CC(=O)N1N=C(c2ccc3ccccc3c2)C[C@@H]1c1ccccc1. The highest BCUT2D eigenvalue weighted by molar-refractivity contribution is 6.05. The summed E-state index contributed by atoms with van der Waals surface area (Å²) in [5, 5.41) is 8.63. The van der Waals surface area contributed by atoms with Crippen LogP contribution in [-0.2, 0) is 4.79 Å². The molecule has 0 bridgehead atoms. The van der Waals surface area contributed by atoms with E-state index in [9.17, 15) is 4.79 Å². The summed E-state index contributed by atoms with van der Waals surface area (Å²) >= 11 is 0. The minimum atomic E-state index is -0.0281. The van der Waals surface area contributed by atoms with Gasteiger partial charge in [0.15, 0.2) is 0 Å². The summed E-state index contributed by atoms with van der Waals surface area (Å²) in [5.74, 6) is -0.0281. The van der Waals surface area contributed by atoms with Crippen molar-refractivity contribution >= 4 is 22.4 Å². The Balaban J connectivity index is 1.72. The van der Waals surface area contributed by atoms with E-state index in [2.05, 4.69) is 47.6 Å². The standard InChI is InChI=1S/C21H18N2O/c1-15(24)23-21(17-8-3-2-4-9-17)14-20(22-23)19-12-11-16-7-5-6-10-18(16)13-19/h2-13,21H,14H2,1H3/t21-/m1/s1. The Morgan fingerprint density at radius 1 is 0.958 bits per heavy atom. The number of hydrogen-bond acceptors (Lipinski definition) is 2. The number of fused-ring (bicyclic) bond motifs is 1. The van der Waals surface area contributed by atoms with Gasteiger partial charge in [0.25, 0.3) is 0 Å². The highest BCUT2D eigenvalue weighted by atomic mass is 16.2. The quantitative estimate of drug-likeness (QED) is 0.683. The molecule has 3 heteroatoms. The molecule has 1 amide bonds. The van der Waals surface area contributed by atoms with Crippen molar-refractivity contribution in [1.29, 1.82) is 0 Å². The molecule has 0 saturated heterocycles. The van der Waals surface area contributed by atoms with Crippen molar-refractivity contribution in [2.45, 2.75) is 19.4 Å². The first-order chi connectivity index (χ1) is 11.7. The molecule has 0 fully saturated rings. The van der Waals surface area contributed by atoms with Crippen LogP contribution in [0.2, 0.25) is 0 Å². The predicted molar refractivity (Wildman–Crippen MR) is 96.8 cm³/mol. The van der Waals surface area contributed by atoms with Gasteiger partial charge in [-0.2, -0.15) is 5.10 Å². The van der Waals surface area contributed by atoms with Crippen molar-refractivity contribution in [3.8, 4) is 0 Å². The number of rotatable bonds is 2. The fraction of sp³-hybridized carbons (Fsp3) is 0.143. The lowest BCUT2D eigenvalue weighted by molar-refractivity contribution is -0.130. The van der Waals surface area contributed by atoms with Crippen molar-refractivity contribution in [3.05, 3.63) is 83.9 Å². The van der Waals surface area contributed by atoms with Crippen molar-refractivity contribution in [3.63, 3.8) is 0 Å². The van der Waals surface area contributed by atoms with Crippen LogP contribution in [0, 0.1) is 0 Å². The molecule has 3 nitrogen and oxygen atoms in total. The molecule has 24 heavy (non-hydrogen) atoms. The third-order valence-corrected chi connectivity index (χ3v) is 4.50. The Hall–Kier alpha value is -2.94. The molecule has 0 aliphatic carbocycles. The molecule has 1 aliphatic heterocycles. The number of carbonyl (C=O) groups excluding carboxylic acids is 1. The molecular weight excluding hydrogens is 296 g/mol. The van der Waals surface area contributed by atoms with Gasteiger partial charge in [-0.1, -0.05) is 66.7 Å². The van der Waals surface area contributed by atoms with Gasteiger partial charge in [0.1, 0.15) is 0 Å². The molecule has 1 aliphatic rings. The molecular formula is C21H18N2O. The number of hydrazone groups is 1. The van der Waals surface area contributed by atoms with Crippen LogP contribution in [0.1, 0.15) is 30.5 Å². The highest BCUT2D eigenvalue weighted by Gasteiger charge is 2.31. The molecule has 3 aromatic rings. The summed E-state index contributed by atoms with van der Waals surface area (Å²) in [5.41, 5.74) is 3.16. The summed E-state index contributed by atoms with van der Waals surface area (Å²) in [6, 6.07) is 24.7. The van der Waals surface area contributed by atoms with Gasteiger partial charge in [-0.25, -0.2) is 5.01 Å². The summed E-state index contributed by atoms with van der Waals surface area (Å²) in [7, 11) is 0. The van der Waals surface area contributed by atoms with E-state index in [-0.39, 0.29) is 11.9 Å². The second-order valence-electron chi connectivity index (χ2n) is 6.10. The van der Waals surface area contributed by atoms with E-state index in [0.29, 0.717) is 0 Å². The summed E-state index contributed by atoms with van der Waals surface area (Å²) in [6.07, 6.45) is 0.738. The van der Waals surface area contributed by atoms with Gasteiger partial charge in [0.2, 0.25) is 5.91 Å². The Bertz CT molecular complexity index is 931. The smallest absolute Gasteiger partial charge is 0.240 e. The van der Waals surface area contributed by atoms with Crippen molar-refractivity contribution in [2.24, 2.45) is 5.10 Å². The first kappa shape index (κ1) is 14.6. The minimum absolute atomic E-state index is 0.0230. The van der Waals surface area contributed by atoms with E-state index < -0.39 is 0 Å². The van der Waals surface area contributed by atoms with Crippen LogP contribution < -0.4 is 0 Å². The van der Waals surface area contributed by atoms with Gasteiger partial charge in [-0.05, 0) is 28.0 Å². The van der Waals surface area contributed by atoms with E-state index in [1.54, 1.807) is 11.9 Å². The van der Waals surface area contributed by atoms with E-state index >= 15 is 0 Å². The molecule has 3 aromatic carbocycles.